The van der Waals surface area contributed by atoms with E-state index in [0.717, 1.165) is 28.8 Å². The number of fused-ring (bicyclic) bond motifs is 1. The minimum absolute atomic E-state index is 0.225. The molecule has 0 saturated heterocycles. The molecule has 0 aliphatic heterocycles. The number of para-hydroxylation sites is 1. The molecule has 4 aromatic rings. The molecule has 0 atom stereocenters. The van der Waals surface area contributed by atoms with Gasteiger partial charge in [-0.3, -0.25) is 0 Å². The standard InChI is InChI=1S/C18H15N3O3/c1-2-16-19-14-10-12(8-9-15(14)23-16)18-20-17(24-21-18)11-22-13-6-4-3-5-7-13/h3-10H,2,11H2,1H3. The summed E-state index contributed by atoms with van der Waals surface area (Å²) in [4.78, 5) is 8.79. The van der Waals surface area contributed by atoms with Gasteiger partial charge in [0.1, 0.15) is 11.3 Å². The lowest BCUT2D eigenvalue weighted by molar-refractivity contribution is 0.243. The highest BCUT2D eigenvalue weighted by Crippen LogP contribution is 2.23. The van der Waals surface area contributed by atoms with Crippen molar-refractivity contribution in [1.29, 1.82) is 0 Å². The van der Waals surface area contributed by atoms with Crippen molar-refractivity contribution in [2.45, 2.75) is 20.0 Å². The molecule has 0 unspecified atom stereocenters. The molecule has 2 aromatic carbocycles. The maximum Gasteiger partial charge on any atom is 0.264 e. The second-order valence-electron chi connectivity index (χ2n) is 5.26. The first kappa shape index (κ1) is 14.4. The van der Waals surface area contributed by atoms with E-state index in [1.54, 1.807) is 0 Å². The van der Waals surface area contributed by atoms with Crippen LogP contribution in [0.2, 0.25) is 0 Å². The second kappa shape index (κ2) is 6.16. The molecule has 0 saturated carbocycles. The van der Waals surface area contributed by atoms with Crippen LogP contribution in [-0.4, -0.2) is 15.1 Å². The van der Waals surface area contributed by atoms with E-state index in [9.17, 15) is 0 Å². The van der Waals surface area contributed by atoms with Crippen molar-refractivity contribution >= 4 is 11.1 Å². The lowest BCUT2D eigenvalue weighted by Gasteiger charge is -2.01. The molecule has 0 amide bonds. The van der Waals surface area contributed by atoms with Gasteiger partial charge in [0.05, 0.1) is 0 Å². The second-order valence-corrected chi connectivity index (χ2v) is 5.26. The van der Waals surface area contributed by atoms with Gasteiger partial charge in [0.25, 0.3) is 5.89 Å². The summed E-state index contributed by atoms with van der Waals surface area (Å²) in [5.41, 5.74) is 2.37. The smallest absolute Gasteiger partial charge is 0.264 e. The summed E-state index contributed by atoms with van der Waals surface area (Å²) >= 11 is 0. The van der Waals surface area contributed by atoms with Crippen LogP contribution >= 0.6 is 0 Å². The van der Waals surface area contributed by atoms with Crippen molar-refractivity contribution in [2.75, 3.05) is 0 Å². The van der Waals surface area contributed by atoms with Gasteiger partial charge in [0, 0.05) is 12.0 Å². The molecule has 0 bridgehead atoms. The lowest BCUT2D eigenvalue weighted by Crippen LogP contribution is -1.95. The SMILES string of the molecule is CCc1nc2cc(-c3noc(COc4ccccc4)n3)ccc2o1. The summed E-state index contributed by atoms with van der Waals surface area (Å²) in [5, 5.41) is 4.01. The van der Waals surface area contributed by atoms with Crippen LogP contribution in [0, 0.1) is 0 Å². The zero-order valence-corrected chi connectivity index (χ0v) is 13.1. The predicted molar refractivity (Wildman–Crippen MR) is 87.5 cm³/mol. The third kappa shape index (κ3) is 2.86. The van der Waals surface area contributed by atoms with Crippen LogP contribution in [0.15, 0.2) is 57.5 Å². The fourth-order valence-electron chi connectivity index (χ4n) is 2.36. The molecular formula is C18H15N3O3. The molecule has 24 heavy (non-hydrogen) atoms. The third-order valence-electron chi connectivity index (χ3n) is 3.57. The number of hydrogen-bond acceptors (Lipinski definition) is 6. The van der Waals surface area contributed by atoms with E-state index in [-0.39, 0.29) is 6.61 Å². The minimum atomic E-state index is 0.225. The van der Waals surface area contributed by atoms with Crippen LogP contribution in [0.1, 0.15) is 18.7 Å². The Kier molecular flexibility index (Phi) is 3.70. The van der Waals surface area contributed by atoms with Crippen molar-refractivity contribution in [2.24, 2.45) is 0 Å². The van der Waals surface area contributed by atoms with Gasteiger partial charge in [-0.15, -0.1) is 0 Å². The molecule has 120 valence electrons. The van der Waals surface area contributed by atoms with Crippen LogP contribution in [0.5, 0.6) is 5.75 Å². The summed E-state index contributed by atoms with van der Waals surface area (Å²) in [6.07, 6.45) is 0.757. The number of oxazole rings is 1. The van der Waals surface area contributed by atoms with Crippen molar-refractivity contribution in [3.8, 4) is 17.1 Å². The summed E-state index contributed by atoms with van der Waals surface area (Å²) in [7, 11) is 0. The molecule has 0 N–H and O–H groups in total. The number of aryl methyl sites for hydroxylation is 1. The van der Waals surface area contributed by atoms with Crippen LogP contribution < -0.4 is 4.74 Å². The molecule has 0 fully saturated rings. The summed E-state index contributed by atoms with van der Waals surface area (Å²) in [6.45, 7) is 2.23. The Morgan fingerprint density at radius 3 is 2.71 bits per heavy atom. The first-order chi connectivity index (χ1) is 11.8. The molecule has 2 aromatic heterocycles. The van der Waals surface area contributed by atoms with Gasteiger partial charge in [0.2, 0.25) is 5.82 Å². The molecule has 2 heterocycles. The van der Waals surface area contributed by atoms with Gasteiger partial charge in [-0.1, -0.05) is 30.3 Å². The monoisotopic (exact) mass is 321 g/mol. The molecule has 0 aliphatic carbocycles. The number of ether oxygens (including phenoxy) is 1. The van der Waals surface area contributed by atoms with Gasteiger partial charge in [-0.25, -0.2) is 4.98 Å². The van der Waals surface area contributed by atoms with Gasteiger partial charge in [0.15, 0.2) is 18.1 Å². The largest absolute Gasteiger partial charge is 0.484 e. The summed E-state index contributed by atoms with van der Waals surface area (Å²) in [6, 6.07) is 15.2. The van der Waals surface area contributed by atoms with Gasteiger partial charge < -0.3 is 13.7 Å². The first-order valence-electron chi connectivity index (χ1n) is 7.72. The highest BCUT2D eigenvalue weighted by Gasteiger charge is 2.12. The molecular weight excluding hydrogens is 306 g/mol. The molecule has 6 nitrogen and oxygen atoms in total. The highest BCUT2D eigenvalue weighted by atomic mass is 16.5. The Balaban J connectivity index is 1.53. The van der Waals surface area contributed by atoms with Gasteiger partial charge in [-0.2, -0.15) is 4.98 Å². The maximum absolute atomic E-state index is 5.61. The van der Waals surface area contributed by atoms with E-state index in [1.807, 2.05) is 55.5 Å². The van der Waals surface area contributed by atoms with Crippen molar-refractivity contribution in [3.63, 3.8) is 0 Å². The van der Waals surface area contributed by atoms with E-state index in [0.29, 0.717) is 17.6 Å². The quantitative estimate of drug-likeness (QED) is 0.553. The number of hydrogen-bond donors (Lipinski definition) is 0. The van der Waals surface area contributed by atoms with E-state index < -0.39 is 0 Å². The maximum atomic E-state index is 5.61. The fraction of sp³-hybridized carbons (Fsp3) is 0.167. The fourth-order valence-corrected chi connectivity index (χ4v) is 2.36. The average molecular weight is 321 g/mol. The lowest BCUT2D eigenvalue weighted by atomic mass is 10.2. The normalized spacial score (nSPS) is 11.0. The Hall–Kier alpha value is -3.15. The third-order valence-corrected chi connectivity index (χ3v) is 3.57. The van der Waals surface area contributed by atoms with E-state index in [4.69, 9.17) is 13.7 Å². The Morgan fingerprint density at radius 1 is 1.00 bits per heavy atom. The molecule has 4 rings (SSSR count). The number of aromatic nitrogens is 3. The van der Waals surface area contributed by atoms with E-state index >= 15 is 0 Å². The molecule has 0 radical (unpaired) electrons. The van der Waals surface area contributed by atoms with Crippen molar-refractivity contribution < 1.29 is 13.7 Å². The molecule has 0 aliphatic rings. The van der Waals surface area contributed by atoms with Crippen LogP contribution in [0.3, 0.4) is 0 Å². The van der Waals surface area contributed by atoms with Crippen molar-refractivity contribution in [1.82, 2.24) is 15.1 Å². The number of benzene rings is 2. The van der Waals surface area contributed by atoms with Crippen LogP contribution in [-0.2, 0) is 13.0 Å². The molecule has 6 heteroatoms. The molecule has 0 spiro atoms. The summed E-state index contributed by atoms with van der Waals surface area (Å²) < 4.78 is 16.5. The first-order valence-corrected chi connectivity index (χ1v) is 7.72. The average Bonchev–Trinajstić information content (AvgIpc) is 3.26. The Bertz CT molecular complexity index is 960. The van der Waals surface area contributed by atoms with Gasteiger partial charge >= 0.3 is 0 Å². The highest BCUT2D eigenvalue weighted by molar-refractivity contribution is 5.78. The van der Waals surface area contributed by atoms with Crippen LogP contribution in [0.25, 0.3) is 22.5 Å². The zero-order valence-electron chi connectivity index (χ0n) is 13.1. The van der Waals surface area contributed by atoms with E-state index in [2.05, 4.69) is 15.1 Å². The summed E-state index contributed by atoms with van der Waals surface area (Å²) in [5.74, 6) is 2.40. The number of rotatable bonds is 5. The topological polar surface area (TPSA) is 74.2 Å². The Labute approximate surface area is 138 Å². The zero-order chi connectivity index (χ0) is 16.4. The van der Waals surface area contributed by atoms with Crippen molar-refractivity contribution in [3.05, 3.63) is 60.3 Å². The van der Waals surface area contributed by atoms with Gasteiger partial charge in [-0.05, 0) is 30.3 Å². The Morgan fingerprint density at radius 2 is 1.88 bits per heavy atom. The number of nitrogens with zero attached hydrogens (tertiary/aromatic N) is 3. The van der Waals surface area contributed by atoms with E-state index in [1.165, 1.54) is 0 Å². The van der Waals surface area contributed by atoms with Crippen LogP contribution in [0.4, 0.5) is 0 Å². The predicted octanol–water partition coefficient (Wildman–Crippen LogP) is 4.02. The minimum Gasteiger partial charge on any atom is -0.484 e.